The highest BCUT2D eigenvalue weighted by molar-refractivity contribution is 5.88. The van der Waals surface area contributed by atoms with E-state index in [1.807, 2.05) is 6.07 Å². The molecule has 0 aliphatic carbocycles. The van der Waals surface area contributed by atoms with Crippen molar-refractivity contribution in [3.63, 3.8) is 0 Å². The number of ether oxygens (including phenoxy) is 1. The fourth-order valence-corrected chi connectivity index (χ4v) is 4.02. The molecule has 122 valence electrons. The molecular formula is C17H22N4O2. The Hall–Kier alpha value is -2.08. The number of carbonyl (C=O) groups excluding carboxylic acids is 1. The van der Waals surface area contributed by atoms with Crippen LogP contribution >= 0.6 is 0 Å². The second-order valence-corrected chi connectivity index (χ2v) is 6.56. The maximum absolute atomic E-state index is 11.7. The van der Waals surface area contributed by atoms with Crippen LogP contribution < -0.4 is 15.8 Å². The van der Waals surface area contributed by atoms with Crippen molar-refractivity contribution in [2.24, 2.45) is 5.73 Å². The molecule has 23 heavy (non-hydrogen) atoms. The number of hydrogen-bond donors (Lipinski definition) is 2. The lowest BCUT2D eigenvalue weighted by Crippen LogP contribution is -2.50. The van der Waals surface area contributed by atoms with Crippen LogP contribution in [-0.4, -0.2) is 47.1 Å². The molecule has 4 rings (SSSR count). The summed E-state index contributed by atoms with van der Waals surface area (Å²) in [6, 6.07) is 1.60. The van der Waals surface area contributed by atoms with Gasteiger partial charge in [0, 0.05) is 49.8 Å². The normalized spacial score (nSPS) is 25.5. The van der Waals surface area contributed by atoms with Crippen LogP contribution in [0, 0.1) is 0 Å². The van der Waals surface area contributed by atoms with Gasteiger partial charge in [-0.2, -0.15) is 0 Å². The predicted molar refractivity (Wildman–Crippen MR) is 86.6 cm³/mol. The molecule has 3 N–H and O–H groups in total. The average Bonchev–Trinajstić information content (AvgIpc) is 3.03. The molecule has 3 aliphatic rings. The van der Waals surface area contributed by atoms with Crippen molar-refractivity contribution in [3.05, 3.63) is 29.6 Å². The number of hydrogen-bond acceptors (Lipinski definition) is 5. The summed E-state index contributed by atoms with van der Waals surface area (Å²) in [5.41, 5.74) is 8.44. The van der Waals surface area contributed by atoms with Crippen LogP contribution in [0.25, 0.3) is 5.70 Å². The van der Waals surface area contributed by atoms with E-state index in [1.165, 1.54) is 5.57 Å². The van der Waals surface area contributed by atoms with E-state index in [0.717, 1.165) is 49.5 Å². The Balaban J connectivity index is 1.75. The van der Waals surface area contributed by atoms with Crippen LogP contribution in [0.5, 0.6) is 5.75 Å². The lowest BCUT2D eigenvalue weighted by molar-refractivity contribution is -0.119. The predicted octanol–water partition coefficient (Wildman–Crippen LogP) is 0.887. The maximum Gasteiger partial charge on any atom is 0.240 e. The zero-order valence-corrected chi connectivity index (χ0v) is 13.3. The van der Waals surface area contributed by atoms with Crippen molar-refractivity contribution in [3.8, 4) is 5.75 Å². The van der Waals surface area contributed by atoms with E-state index in [-0.39, 0.29) is 17.6 Å². The maximum atomic E-state index is 11.7. The number of nitrogens with two attached hydrogens (primary N) is 1. The highest BCUT2D eigenvalue weighted by Gasteiger charge is 2.48. The summed E-state index contributed by atoms with van der Waals surface area (Å²) in [6.07, 6.45) is 6.02. The van der Waals surface area contributed by atoms with Gasteiger partial charge in [0.1, 0.15) is 17.4 Å². The quantitative estimate of drug-likeness (QED) is 0.847. The Labute approximate surface area is 135 Å². The summed E-state index contributed by atoms with van der Waals surface area (Å²) in [5, 5.41) is 3.33. The van der Waals surface area contributed by atoms with Gasteiger partial charge in [0.05, 0.1) is 6.20 Å². The number of piperidine rings is 1. The number of nitrogens with one attached hydrogen (secondary N) is 1. The summed E-state index contributed by atoms with van der Waals surface area (Å²) >= 11 is 0. The molecule has 1 saturated heterocycles. The molecule has 0 saturated carbocycles. The van der Waals surface area contributed by atoms with Crippen LogP contribution in [0.1, 0.15) is 31.7 Å². The molecule has 0 aromatic carbocycles. The zero-order valence-electron chi connectivity index (χ0n) is 13.3. The largest absolute Gasteiger partial charge is 0.480 e. The van der Waals surface area contributed by atoms with Gasteiger partial charge in [-0.15, -0.1) is 0 Å². The van der Waals surface area contributed by atoms with Gasteiger partial charge in [-0.25, -0.2) is 0 Å². The number of amides is 1. The molecule has 4 heterocycles. The molecule has 1 amide bonds. The summed E-state index contributed by atoms with van der Waals surface area (Å²) in [5.74, 6) is 0.491. The Morgan fingerprint density at radius 3 is 3.00 bits per heavy atom. The number of likely N-dealkylation sites (tertiary alicyclic amines) is 1. The van der Waals surface area contributed by atoms with Gasteiger partial charge in [0.2, 0.25) is 5.91 Å². The summed E-state index contributed by atoms with van der Waals surface area (Å²) < 4.78 is 6.46. The Kier molecular flexibility index (Phi) is 3.30. The number of rotatable bonds is 2. The second-order valence-electron chi connectivity index (χ2n) is 6.56. The number of nitrogens with zero attached hydrogens (tertiary/aromatic N) is 2. The molecule has 1 aromatic heterocycles. The van der Waals surface area contributed by atoms with Crippen molar-refractivity contribution in [1.29, 1.82) is 0 Å². The molecular weight excluding hydrogens is 292 g/mol. The average molecular weight is 314 g/mol. The van der Waals surface area contributed by atoms with E-state index in [0.29, 0.717) is 6.42 Å². The molecule has 0 bridgehead atoms. The first-order valence-corrected chi connectivity index (χ1v) is 8.28. The Bertz CT molecular complexity index is 677. The smallest absolute Gasteiger partial charge is 0.240 e. The lowest BCUT2D eigenvalue weighted by atomic mass is 9.79. The van der Waals surface area contributed by atoms with Crippen LogP contribution in [0.3, 0.4) is 0 Å². The minimum absolute atomic E-state index is 0.309. The highest BCUT2D eigenvalue weighted by Crippen LogP contribution is 2.48. The van der Waals surface area contributed by atoms with Crippen LogP contribution in [0.2, 0.25) is 0 Å². The fraction of sp³-hybridized carbons (Fsp3) is 0.529. The minimum atomic E-state index is -0.344. The van der Waals surface area contributed by atoms with E-state index in [2.05, 4.69) is 22.1 Å². The van der Waals surface area contributed by atoms with E-state index < -0.39 is 0 Å². The van der Waals surface area contributed by atoms with Crippen molar-refractivity contribution >= 4 is 11.6 Å². The summed E-state index contributed by atoms with van der Waals surface area (Å²) in [7, 11) is 0. The molecule has 3 aliphatic heterocycles. The van der Waals surface area contributed by atoms with E-state index >= 15 is 0 Å². The summed E-state index contributed by atoms with van der Waals surface area (Å²) in [6.45, 7) is 5.25. The van der Waals surface area contributed by atoms with Crippen molar-refractivity contribution in [1.82, 2.24) is 15.2 Å². The van der Waals surface area contributed by atoms with Gasteiger partial charge in [-0.05, 0) is 18.2 Å². The first kappa shape index (κ1) is 14.5. The summed E-state index contributed by atoms with van der Waals surface area (Å²) in [4.78, 5) is 18.3. The third-order valence-corrected chi connectivity index (χ3v) is 5.39. The van der Waals surface area contributed by atoms with Crippen LogP contribution in [0.15, 0.2) is 24.0 Å². The third-order valence-electron chi connectivity index (χ3n) is 5.39. The number of carbonyl (C=O) groups is 1. The molecule has 0 radical (unpaired) electrons. The third kappa shape index (κ3) is 2.20. The number of primary amides is 1. The van der Waals surface area contributed by atoms with Crippen LogP contribution in [0.4, 0.5) is 0 Å². The Morgan fingerprint density at radius 1 is 1.52 bits per heavy atom. The van der Waals surface area contributed by atoms with Gasteiger partial charge in [-0.3, -0.25) is 9.78 Å². The van der Waals surface area contributed by atoms with E-state index in [1.54, 1.807) is 12.4 Å². The van der Waals surface area contributed by atoms with E-state index in [4.69, 9.17) is 10.5 Å². The van der Waals surface area contributed by atoms with Gasteiger partial charge in [0.25, 0.3) is 0 Å². The first-order chi connectivity index (χ1) is 11.1. The van der Waals surface area contributed by atoms with E-state index in [9.17, 15) is 4.79 Å². The molecule has 1 fully saturated rings. The number of fused-ring (bicyclic) bond motifs is 3. The molecule has 1 spiro atoms. The molecule has 6 nitrogen and oxygen atoms in total. The second kappa shape index (κ2) is 5.23. The molecule has 1 atom stereocenters. The van der Waals surface area contributed by atoms with Crippen molar-refractivity contribution in [2.45, 2.75) is 37.8 Å². The SMILES string of the molecule is CCN1CCC2(CC1)Oc1cnccc1C1=C2CC(C(N)=O)N1. The Morgan fingerprint density at radius 2 is 2.30 bits per heavy atom. The van der Waals surface area contributed by atoms with Crippen molar-refractivity contribution in [2.75, 3.05) is 19.6 Å². The van der Waals surface area contributed by atoms with Crippen molar-refractivity contribution < 1.29 is 9.53 Å². The standard InChI is InChI=1S/C17H22N4O2/c1-2-21-7-4-17(5-8-21)12-9-13(16(18)22)20-15(12)11-3-6-19-10-14(11)23-17/h3,6,10,13,20H,2,4-5,7-9H2,1H3,(H2,18,22). The first-order valence-electron chi connectivity index (χ1n) is 8.28. The fourth-order valence-electron chi connectivity index (χ4n) is 4.02. The monoisotopic (exact) mass is 314 g/mol. The van der Waals surface area contributed by atoms with Gasteiger partial charge in [0.15, 0.2) is 0 Å². The molecule has 1 unspecified atom stereocenters. The van der Waals surface area contributed by atoms with Crippen LogP contribution in [-0.2, 0) is 4.79 Å². The number of pyridine rings is 1. The molecule has 6 heteroatoms. The topological polar surface area (TPSA) is 80.5 Å². The molecule has 1 aromatic rings. The van der Waals surface area contributed by atoms with Gasteiger partial charge < -0.3 is 20.7 Å². The lowest BCUT2D eigenvalue weighted by Gasteiger charge is -2.45. The highest BCUT2D eigenvalue weighted by atomic mass is 16.5. The zero-order chi connectivity index (χ0) is 16.0. The minimum Gasteiger partial charge on any atom is -0.480 e. The van der Waals surface area contributed by atoms with Gasteiger partial charge >= 0.3 is 0 Å². The van der Waals surface area contributed by atoms with Gasteiger partial charge in [-0.1, -0.05) is 6.92 Å². The number of aromatic nitrogens is 1.